The zero-order chi connectivity index (χ0) is 22.5. The number of rotatable bonds is 6. The molecular formula is C23H21ClN2O5S. The van der Waals surface area contributed by atoms with Crippen LogP contribution in [0.2, 0.25) is 5.02 Å². The number of thioether (sulfide) groups is 1. The largest absolute Gasteiger partial charge is 0.489 e. The van der Waals surface area contributed by atoms with Crippen LogP contribution in [0.15, 0.2) is 53.4 Å². The SMILES string of the molecule is O=C(CN1C(=O)S/C(=C\c2ccc(OCc3cccc(Cl)c3)cc2)C1=O)N1CCOCC1. The van der Waals surface area contributed by atoms with Gasteiger partial charge in [0, 0.05) is 18.1 Å². The number of hydrogen-bond acceptors (Lipinski definition) is 6. The van der Waals surface area contributed by atoms with Gasteiger partial charge in [-0.15, -0.1) is 0 Å². The van der Waals surface area contributed by atoms with Gasteiger partial charge in [0.2, 0.25) is 5.91 Å². The standard InChI is InChI=1S/C23H21ClN2O5S/c24-18-3-1-2-17(12-18)15-31-19-6-4-16(5-7-19)13-20-22(28)26(23(29)32-20)14-21(27)25-8-10-30-11-9-25/h1-7,12-13H,8-11,14-15H2/b20-13-. The van der Waals surface area contributed by atoms with E-state index < -0.39 is 11.1 Å². The van der Waals surface area contributed by atoms with E-state index in [0.29, 0.717) is 43.7 Å². The van der Waals surface area contributed by atoms with Crippen LogP contribution in [-0.2, 0) is 20.9 Å². The minimum Gasteiger partial charge on any atom is -0.489 e. The van der Waals surface area contributed by atoms with Gasteiger partial charge in [0.25, 0.3) is 11.1 Å². The van der Waals surface area contributed by atoms with E-state index in [0.717, 1.165) is 27.8 Å². The average molecular weight is 473 g/mol. The normalized spacial score (nSPS) is 17.8. The highest BCUT2D eigenvalue weighted by Gasteiger charge is 2.37. The van der Waals surface area contributed by atoms with Gasteiger partial charge in [-0.2, -0.15) is 0 Å². The lowest BCUT2D eigenvalue weighted by atomic mass is 10.2. The molecule has 32 heavy (non-hydrogen) atoms. The number of morpholine rings is 1. The van der Waals surface area contributed by atoms with Gasteiger partial charge < -0.3 is 14.4 Å². The van der Waals surface area contributed by atoms with Crippen LogP contribution in [0.5, 0.6) is 5.75 Å². The number of carbonyl (C=O) groups is 3. The molecule has 2 aromatic carbocycles. The summed E-state index contributed by atoms with van der Waals surface area (Å²) < 4.78 is 11.0. The quantitative estimate of drug-likeness (QED) is 0.595. The molecule has 2 saturated heterocycles. The second-order valence-corrected chi connectivity index (χ2v) is 8.68. The summed E-state index contributed by atoms with van der Waals surface area (Å²) in [6.45, 7) is 2.00. The number of nitrogens with zero attached hydrogens (tertiary/aromatic N) is 2. The number of imide groups is 1. The van der Waals surface area contributed by atoms with Crippen LogP contribution in [0.25, 0.3) is 6.08 Å². The van der Waals surface area contributed by atoms with Crippen molar-refractivity contribution < 1.29 is 23.9 Å². The molecular weight excluding hydrogens is 452 g/mol. The summed E-state index contributed by atoms with van der Waals surface area (Å²) in [5.41, 5.74) is 1.71. The number of benzene rings is 2. The topological polar surface area (TPSA) is 76.2 Å². The van der Waals surface area contributed by atoms with E-state index in [1.165, 1.54) is 0 Å². The van der Waals surface area contributed by atoms with E-state index >= 15 is 0 Å². The fourth-order valence-electron chi connectivity index (χ4n) is 3.29. The number of amides is 3. The predicted molar refractivity (Wildman–Crippen MR) is 122 cm³/mol. The molecule has 0 saturated carbocycles. The highest BCUT2D eigenvalue weighted by Crippen LogP contribution is 2.32. The Morgan fingerprint density at radius 2 is 1.88 bits per heavy atom. The Bertz CT molecular complexity index is 1050. The van der Waals surface area contributed by atoms with Gasteiger partial charge in [0.15, 0.2) is 0 Å². The maximum atomic E-state index is 12.7. The Kier molecular flexibility index (Phi) is 7.14. The van der Waals surface area contributed by atoms with Gasteiger partial charge in [0.1, 0.15) is 18.9 Å². The monoisotopic (exact) mass is 472 g/mol. The molecule has 2 fully saturated rings. The van der Waals surface area contributed by atoms with E-state index in [4.69, 9.17) is 21.1 Å². The van der Waals surface area contributed by atoms with Crippen molar-refractivity contribution in [2.45, 2.75) is 6.61 Å². The highest BCUT2D eigenvalue weighted by atomic mass is 35.5. The molecule has 4 rings (SSSR count). The number of carbonyl (C=O) groups excluding carboxylic acids is 3. The van der Waals surface area contributed by atoms with E-state index in [9.17, 15) is 14.4 Å². The molecule has 0 unspecified atom stereocenters. The first-order chi connectivity index (χ1) is 15.5. The van der Waals surface area contributed by atoms with Crippen LogP contribution in [-0.4, -0.2) is 59.7 Å². The van der Waals surface area contributed by atoms with Gasteiger partial charge >= 0.3 is 0 Å². The van der Waals surface area contributed by atoms with Crippen molar-refractivity contribution in [1.29, 1.82) is 0 Å². The highest BCUT2D eigenvalue weighted by molar-refractivity contribution is 8.18. The van der Waals surface area contributed by atoms with Gasteiger partial charge in [-0.25, -0.2) is 0 Å². The first-order valence-electron chi connectivity index (χ1n) is 10.1. The Morgan fingerprint density at radius 3 is 2.59 bits per heavy atom. The molecule has 0 radical (unpaired) electrons. The molecule has 2 aliphatic rings. The fourth-order valence-corrected chi connectivity index (χ4v) is 4.34. The number of hydrogen-bond donors (Lipinski definition) is 0. The molecule has 0 spiro atoms. The lowest BCUT2D eigenvalue weighted by molar-refractivity contribution is -0.139. The van der Waals surface area contributed by atoms with Crippen molar-refractivity contribution >= 4 is 46.5 Å². The van der Waals surface area contributed by atoms with Crippen LogP contribution in [0.3, 0.4) is 0 Å². The molecule has 0 atom stereocenters. The van der Waals surface area contributed by atoms with Crippen LogP contribution < -0.4 is 4.74 Å². The summed E-state index contributed by atoms with van der Waals surface area (Å²) in [5.74, 6) is -0.0349. The summed E-state index contributed by atoms with van der Waals surface area (Å²) in [6, 6.07) is 14.6. The summed E-state index contributed by atoms with van der Waals surface area (Å²) in [4.78, 5) is 40.3. The fraction of sp³-hybridized carbons (Fsp3) is 0.261. The predicted octanol–water partition coefficient (Wildman–Crippen LogP) is 3.81. The summed E-state index contributed by atoms with van der Waals surface area (Å²) in [5, 5.41) is 0.214. The van der Waals surface area contributed by atoms with Crippen LogP contribution >= 0.6 is 23.4 Å². The minimum absolute atomic E-state index is 0.252. The first-order valence-corrected chi connectivity index (χ1v) is 11.3. The lowest BCUT2D eigenvalue weighted by Gasteiger charge is -2.28. The summed E-state index contributed by atoms with van der Waals surface area (Å²) in [7, 11) is 0. The Morgan fingerprint density at radius 1 is 1.12 bits per heavy atom. The second kappa shape index (κ2) is 10.2. The zero-order valence-corrected chi connectivity index (χ0v) is 18.7. The lowest BCUT2D eigenvalue weighted by Crippen LogP contribution is -2.46. The van der Waals surface area contributed by atoms with E-state index in [1.807, 2.05) is 18.2 Å². The van der Waals surface area contributed by atoms with Crippen LogP contribution in [0.4, 0.5) is 4.79 Å². The Labute approximate surface area is 194 Å². The maximum absolute atomic E-state index is 12.7. The second-order valence-electron chi connectivity index (χ2n) is 7.25. The summed E-state index contributed by atoms with van der Waals surface area (Å²) in [6.07, 6.45) is 1.64. The molecule has 166 valence electrons. The minimum atomic E-state index is -0.456. The van der Waals surface area contributed by atoms with Gasteiger partial charge in [-0.1, -0.05) is 35.9 Å². The van der Waals surface area contributed by atoms with Gasteiger partial charge in [-0.3, -0.25) is 19.3 Å². The van der Waals surface area contributed by atoms with Crippen molar-refractivity contribution in [1.82, 2.24) is 9.80 Å². The molecule has 9 heteroatoms. The van der Waals surface area contributed by atoms with Crippen molar-refractivity contribution in [2.24, 2.45) is 0 Å². The molecule has 2 aliphatic heterocycles. The summed E-state index contributed by atoms with van der Waals surface area (Å²) >= 11 is 6.82. The Hall–Kier alpha value is -2.81. The van der Waals surface area contributed by atoms with Crippen molar-refractivity contribution in [2.75, 3.05) is 32.8 Å². The molecule has 2 heterocycles. The van der Waals surface area contributed by atoms with Crippen LogP contribution in [0.1, 0.15) is 11.1 Å². The molecule has 3 amide bonds. The smallest absolute Gasteiger partial charge is 0.294 e. The van der Waals surface area contributed by atoms with E-state index in [-0.39, 0.29) is 17.4 Å². The average Bonchev–Trinajstić information content (AvgIpc) is 3.06. The molecule has 2 aromatic rings. The van der Waals surface area contributed by atoms with Crippen LogP contribution in [0, 0.1) is 0 Å². The van der Waals surface area contributed by atoms with Gasteiger partial charge in [-0.05, 0) is 53.2 Å². The maximum Gasteiger partial charge on any atom is 0.294 e. The number of ether oxygens (including phenoxy) is 2. The third-order valence-corrected chi connectivity index (χ3v) is 6.15. The van der Waals surface area contributed by atoms with Crippen molar-refractivity contribution in [3.05, 3.63) is 69.6 Å². The number of halogens is 1. The third-order valence-electron chi connectivity index (χ3n) is 5.00. The third kappa shape index (κ3) is 5.51. The van der Waals surface area contributed by atoms with Crippen molar-refractivity contribution in [3.63, 3.8) is 0 Å². The first kappa shape index (κ1) is 22.4. The molecule has 0 N–H and O–H groups in total. The van der Waals surface area contributed by atoms with Crippen molar-refractivity contribution in [3.8, 4) is 5.75 Å². The molecule has 0 aromatic heterocycles. The van der Waals surface area contributed by atoms with Gasteiger partial charge in [0.05, 0.1) is 18.1 Å². The Balaban J connectivity index is 1.36. The van der Waals surface area contributed by atoms with E-state index in [2.05, 4.69) is 0 Å². The molecule has 0 bridgehead atoms. The molecule has 7 nitrogen and oxygen atoms in total. The molecule has 0 aliphatic carbocycles. The van der Waals surface area contributed by atoms with E-state index in [1.54, 1.807) is 41.3 Å². The zero-order valence-electron chi connectivity index (χ0n) is 17.2.